The normalized spacial score (nSPS) is 15.1. The standard InChI is InChI=1S/C16H21N3O2/c17-11-5-6-13-14(10-18-15(13)9-11)16(21)19(7-2-8-20)12-3-1-4-12/h5-6,9-10,12,18,20H,1-4,7-8,17H2. The average molecular weight is 287 g/mol. The molecule has 1 aromatic carbocycles. The predicted octanol–water partition coefficient (Wildman–Crippen LogP) is 2.13. The Kier molecular flexibility index (Phi) is 3.84. The van der Waals surface area contributed by atoms with Gasteiger partial charge in [0.25, 0.3) is 5.91 Å². The third kappa shape index (κ3) is 2.61. The fraction of sp³-hybridized carbons (Fsp3) is 0.438. The van der Waals surface area contributed by atoms with Gasteiger partial charge in [-0.2, -0.15) is 0 Å². The van der Waals surface area contributed by atoms with Gasteiger partial charge in [0.1, 0.15) is 0 Å². The van der Waals surface area contributed by atoms with E-state index >= 15 is 0 Å². The van der Waals surface area contributed by atoms with Crippen LogP contribution in [-0.2, 0) is 0 Å². The number of aromatic amines is 1. The van der Waals surface area contributed by atoms with E-state index in [1.165, 1.54) is 6.42 Å². The molecule has 0 atom stereocenters. The zero-order chi connectivity index (χ0) is 14.8. The zero-order valence-electron chi connectivity index (χ0n) is 12.0. The molecule has 4 N–H and O–H groups in total. The molecule has 1 aromatic heterocycles. The lowest BCUT2D eigenvalue weighted by molar-refractivity contribution is 0.0564. The molecule has 1 aliphatic rings. The number of rotatable bonds is 5. The van der Waals surface area contributed by atoms with Crippen molar-refractivity contribution in [1.29, 1.82) is 0 Å². The van der Waals surface area contributed by atoms with Gasteiger partial charge in [-0.3, -0.25) is 4.79 Å². The third-order valence-corrected chi connectivity index (χ3v) is 4.27. The Labute approximate surface area is 123 Å². The van der Waals surface area contributed by atoms with E-state index in [0.29, 0.717) is 30.3 Å². The Morgan fingerprint density at radius 3 is 2.90 bits per heavy atom. The number of hydrogen-bond acceptors (Lipinski definition) is 3. The molecule has 112 valence electrons. The maximum Gasteiger partial charge on any atom is 0.256 e. The number of nitrogens with one attached hydrogen (secondary N) is 1. The minimum Gasteiger partial charge on any atom is -0.399 e. The summed E-state index contributed by atoms with van der Waals surface area (Å²) in [7, 11) is 0. The summed E-state index contributed by atoms with van der Waals surface area (Å²) in [5.74, 6) is 0.0455. The molecule has 0 unspecified atom stereocenters. The van der Waals surface area contributed by atoms with Crippen LogP contribution in [0.4, 0.5) is 5.69 Å². The van der Waals surface area contributed by atoms with Crippen LogP contribution in [0, 0.1) is 0 Å². The molecule has 1 fully saturated rings. The minimum absolute atomic E-state index is 0.0455. The highest BCUT2D eigenvalue weighted by Gasteiger charge is 2.30. The van der Waals surface area contributed by atoms with Gasteiger partial charge in [-0.05, 0) is 43.9 Å². The first-order chi connectivity index (χ1) is 10.2. The number of carbonyl (C=O) groups is 1. The van der Waals surface area contributed by atoms with Gasteiger partial charge >= 0.3 is 0 Å². The Balaban J connectivity index is 1.89. The molecule has 0 aliphatic heterocycles. The maximum atomic E-state index is 12.8. The van der Waals surface area contributed by atoms with Crippen molar-refractivity contribution >= 4 is 22.5 Å². The van der Waals surface area contributed by atoms with E-state index in [2.05, 4.69) is 4.98 Å². The first-order valence-electron chi connectivity index (χ1n) is 7.49. The smallest absolute Gasteiger partial charge is 0.256 e. The fourth-order valence-corrected chi connectivity index (χ4v) is 2.86. The number of benzene rings is 1. The molecule has 21 heavy (non-hydrogen) atoms. The zero-order valence-corrected chi connectivity index (χ0v) is 12.0. The van der Waals surface area contributed by atoms with Gasteiger partial charge in [0, 0.05) is 42.0 Å². The van der Waals surface area contributed by atoms with E-state index in [9.17, 15) is 4.79 Å². The van der Waals surface area contributed by atoms with Crippen molar-refractivity contribution in [1.82, 2.24) is 9.88 Å². The number of carbonyl (C=O) groups excluding carboxylic acids is 1. The van der Waals surface area contributed by atoms with Gasteiger partial charge in [-0.15, -0.1) is 0 Å². The second-order valence-electron chi connectivity index (χ2n) is 5.67. The molecular formula is C16H21N3O2. The summed E-state index contributed by atoms with van der Waals surface area (Å²) < 4.78 is 0. The number of aromatic nitrogens is 1. The highest BCUT2D eigenvalue weighted by Crippen LogP contribution is 2.28. The topological polar surface area (TPSA) is 82.3 Å². The van der Waals surface area contributed by atoms with Gasteiger partial charge in [0.05, 0.1) is 5.56 Å². The molecule has 1 heterocycles. The highest BCUT2D eigenvalue weighted by molar-refractivity contribution is 6.07. The van der Waals surface area contributed by atoms with Crippen LogP contribution in [0.1, 0.15) is 36.0 Å². The molecule has 0 spiro atoms. The number of aliphatic hydroxyl groups is 1. The van der Waals surface area contributed by atoms with E-state index in [1.807, 2.05) is 23.1 Å². The van der Waals surface area contributed by atoms with Crippen LogP contribution in [-0.4, -0.2) is 40.1 Å². The molecule has 3 rings (SSSR count). The quantitative estimate of drug-likeness (QED) is 0.737. The predicted molar refractivity (Wildman–Crippen MR) is 83.1 cm³/mol. The molecule has 2 aromatic rings. The molecular weight excluding hydrogens is 266 g/mol. The largest absolute Gasteiger partial charge is 0.399 e. The summed E-state index contributed by atoms with van der Waals surface area (Å²) in [6, 6.07) is 5.86. The van der Waals surface area contributed by atoms with Crippen LogP contribution in [0.3, 0.4) is 0 Å². The molecule has 0 saturated heterocycles. The first-order valence-corrected chi connectivity index (χ1v) is 7.49. The number of nitrogens with zero attached hydrogens (tertiary/aromatic N) is 1. The molecule has 5 nitrogen and oxygen atoms in total. The number of anilines is 1. The SMILES string of the molecule is Nc1ccc2c(C(=O)N(CCCO)C3CCC3)c[nH]c2c1. The van der Waals surface area contributed by atoms with Crippen molar-refractivity contribution in [3.8, 4) is 0 Å². The van der Waals surface area contributed by atoms with E-state index in [4.69, 9.17) is 10.8 Å². The number of nitrogens with two attached hydrogens (primary N) is 1. The van der Waals surface area contributed by atoms with Crippen molar-refractivity contribution in [2.24, 2.45) is 0 Å². The highest BCUT2D eigenvalue weighted by atomic mass is 16.3. The monoisotopic (exact) mass is 287 g/mol. The van der Waals surface area contributed by atoms with E-state index in [0.717, 1.165) is 23.7 Å². The van der Waals surface area contributed by atoms with Crippen LogP contribution in [0.25, 0.3) is 10.9 Å². The van der Waals surface area contributed by atoms with E-state index in [1.54, 1.807) is 6.20 Å². The van der Waals surface area contributed by atoms with Crippen LogP contribution < -0.4 is 5.73 Å². The maximum absolute atomic E-state index is 12.8. The van der Waals surface area contributed by atoms with Crippen molar-refractivity contribution in [3.63, 3.8) is 0 Å². The Morgan fingerprint density at radius 2 is 2.24 bits per heavy atom. The first kappa shape index (κ1) is 13.9. The van der Waals surface area contributed by atoms with E-state index in [-0.39, 0.29) is 12.5 Å². The molecule has 1 amide bonds. The Bertz CT molecular complexity index is 646. The summed E-state index contributed by atoms with van der Waals surface area (Å²) in [5, 5.41) is 9.95. The van der Waals surface area contributed by atoms with Gasteiger partial charge in [0.2, 0.25) is 0 Å². The Hall–Kier alpha value is -2.01. The number of nitrogen functional groups attached to an aromatic ring is 1. The number of amides is 1. The number of H-pyrrole nitrogens is 1. The molecule has 1 saturated carbocycles. The van der Waals surface area contributed by atoms with Gasteiger partial charge < -0.3 is 20.7 Å². The summed E-state index contributed by atoms with van der Waals surface area (Å²) in [4.78, 5) is 17.9. The molecule has 5 heteroatoms. The molecule has 0 bridgehead atoms. The van der Waals surface area contributed by atoms with E-state index < -0.39 is 0 Å². The van der Waals surface area contributed by atoms with Crippen LogP contribution in [0.15, 0.2) is 24.4 Å². The number of aliphatic hydroxyl groups excluding tert-OH is 1. The van der Waals surface area contributed by atoms with Gasteiger partial charge in [0.15, 0.2) is 0 Å². The van der Waals surface area contributed by atoms with Crippen molar-refractivity contribution in [2.75, 3.05) is 18.9 Å². The minimum atomic E-state index is 0.0455. The average Bonchev–Trinajstić information content (AvgIpc) is 2.83. The lowest BCUT2D eigenvalue weighted by Crippen LogP contribution is -2.44. The van der Waals surface area contributed by atoms with Gasteiger partial charge in [-0.25, -0.2) is 0 Å². The lowest BCUT2D eigenvalue weighted by atomic mass is 9.90. The third-order valence-electron chi connectivity index (χ3n) is 4.27. The van der Waals surface area contributed by atoms with Crippen LogP contribution in [0.2, 0.25) is 0 Å². The summed E-state index contributed by atoms with van der Waals surface area (Å²) in [5.41, 5.74) is 8.02. The van der Waals surface area contributed by atoms with Crippen LogP contribution >= 0.6 is 0 Å². The molecule has 0 radical (unpaired) electrons. The fourth-order valence-electron chi connectivity index (χ4n) is 2.86. The number of hydrogen-bond donors (Lipinski definition) is 3. The second-order valence-corrected chi connectivity index (χ2v) is 5.67. The Morgan fingerprint density at radius 1 is 1.43 bits per heavy atom. The summed E-state index contributed by atoms with van der Waals surface area (Å²) in [6.45, 7) is 0.725. The number of fused-ring (bicyclic) bond motifs is 1. The second kappa shape index (κ2) is 5.77. The summed E-state index contributed by atoms with van der Waals surface area (Å²) in [6.07, 6.45) is 5.69. The van der Waals surface area contributed by atoms with Gasteiger partial charge in [-0.1, -0.05) is 0 Å². The van der Waals surface area contributed by atoms with Crippen molar-refractivity contribution in [3.05, 3.63) is 30.0 Å². The lowest BCUT2D eigenvalue weighted by Gasteiger charge is -2.37. The van der Waals surface area contributed by atoms with Crippen molar-refractivity contribution < 1.29 is 9.90 Å². The van der Waals surface area contributed by atoms with Crippen LogP contribution in [0.5, 0.6) is 0 Å². The molecule has 1 aliphatic carbocycles. The van der Waals surface area contributed by atoms with Crippen molar-refractivity contribution in [2.45, 2.75) is 31.7 Å². The summed E-state index contributed by atoms with van der Waals surface area (Å²) >= 11 is 0.